The number of amides is 1. The molecular weight excluding hydrogens is 400 g/mol. The molecule has 2 unspecified atom stereocenters. The molecule has 0 bridgehead atoms. The van der Waals surface area contributed by atoms with E-state index >= 15 is 0 Å². The van der Waals surface area contributed by atoms with Gasteiger partial charge in [0.05, 0.1) is 35.6 Å². The molecule has 11 nitrogen and oxygen atoms in total. The fourth-order valence-electron chi connectivity index (χ4n) is 4.77. The standard InChI is InChI=1S/C20H22N8O3/c1-21-17-13-18(26-12(25-17)5-4-10-7-24-27(3)8-10)28(9-23-13)14-11-6-20(11,19(31)22-2)16(30)15(14)29/h7-9,11,14-16,29-30H,6H2,1-3H3,(H,22,31)(H,21,25,26)/t11?,14-,15?,16+,20-/m1/s1. The van der Waals surface area contributed by atoms with Gasteiger partial charge in [0.2, 0.25) is 11.7 Å². The first-order chi connectivity index (χ1) is 14.9. The van der Waals surface area contributed by atoms with Crippen molar-refractivity contribution in [3.8, 4) is 11.8 Å². The molecule has 2 fully saturated rings. The van der Waals surface area contributed by atoms with Crippen LogP contribution in [0.1, 0.15) is 23.9 Å². The highest BCUT2D eigenvalue weighted by molar-refractivity contribution is 5.88. The molecule has 2 saturated carbocycles. The summed E-state index contributed by atoms with van der Waals surface area (Å²) >= 11 is 0. The van der Waals surface area contributed by atoms with Crippen molar-refractivity contribution in [1.82, 2.24) is 34.6 Å². The summed E-state index contributed by atoms with van der Waals surface area (Å²) in [5.41, 5.74) is 0.755. The third-order valence-electron chi connectivity index (χ3n) is 6.33. The average molecular weight is 422 g/mol. The van der Waals surface area contributed by atoms with E-state index in [4.69, 9.17) is 0 Å². The predicted molar refractivity (Wildman–Crippen MR) is 110 cm³/mol. The Balaban J connectivity index is 1.58. The largest absolute Gasteiger partial charge is 0.389 e. The zero-order chi connectivity index (χ0) is 21.9. The molecule has 11 heteroatoms. The number of hydrogen-bond acceptors (Lipinski definition) is 8. The maximum atomic E-state index is 12.4. The van der Waals surface area contributed by atoms with E-state index in [0.29, 0.717) is 23.4 Å². The number of aryl methyl sites for hydroxylation is 1. The van der Waals surface area contributed by atoms with Crippen LogP contribution in [0.25, 0.3) is 11.2 Å². The molecule has 31 heavy (non-hydrogen) atoms. The second-order valence-electron chi connectivity index (χ2n) is 7.98. The Labute approximate surface area is 177 Å². The maximum absolute atomic E-state index is 12.4. The first kappa shape index (κ1) is 19.5. The predicted octanol–water partition coefficient (Wildman–Crippen LogP) is -0.970. The van der Waals surface area contributed by atoms with Gasteiger partial charge in [0.1, 0.15) is 6.10 Å². The monoisotopic (exact) mass is 422 g/mol. The summed E-state index contributed by atoms with van der Waals surface area (Å²) in [5.74, 6) is 6.23. The zero-order valence-corrected chi connectivity index (χ0v) is 17.2. The minimum absolute atomic E-state index is 0.215. The SMILES string of the molecule is CNC(=O)[C@]12CC1[C@@H](n1cnc3c(NC)nc(C#Cc4cnn(C)c4)nc31)C(O)[C@@H]2O. The molecule has 5 atom stereocenters. The number of carbonyl (C=O) groups excluding carboxylic acids is 1. The van der Waals surface area contributed by atoms with Crippen LogP contribution in [-0.4, -0.2) is 71.7 Å². The average Bonchev–Trinajstić information content (AvgIpc) is 3.02. The number of nitrogens with zero attached hydrogens (tertiary/aromatic N) is 6. The Morgan fingerprint density at radius 3 is 2.77 bits per heavy atom. The third kappa shape index (κ3) is 2.72. The molecule has 5 rings (SSSR count). The molecule has 0 aromatic carbocycles. The molecule has 160 valence electrons. The molecule has 4 N–H and O–H groups in total. The van der Waals surface area contributed by atoms with Crippen LogP contribution in [-0.2, 0) is 11.8 Å². The quantitative estimate of drug-likeness (QED) is 0.395. The van der Waals surface area contributed by atoms with Crippen molar-refractivity contribution in [3.63, 3.8) is 0 Å². The summed E-state index contributed by atoms with van der Waals surface area (Å²) in [6, 6.07) is -0.531. The minimum Gasteiger partial charge on any atom is -0.389 e. The molecule has 3 aromatic rings. The lowest BCUT2D eigenvalue weighted by Crippen LogP contribution is -2.41. The first-order valence-electron chi connectivity index (χ1n) is 9.92. The van der Waals surface area contributed by atoms with E-state index in [9.17, 15) is 15.0 Å². The molecule has 2 aliphatic rings. The smallest absolute Gasteiger partial charge is 0.229 e. The van der Waals surface area contributed by atoms with Gasteiger partial charge < -0.3 is 25.4 Å². The van der Waals surface area contributed by atoms with Gasteiger partial charge in [-0.1, -0.05) is 5.92 Å². The fraction of sp³-hybridized carbons (Fsp3) is 0.450. The minimum atomic E-state index is -1.16. The molecule has 0 spiro atoms. The Morgan fingerprint density at radius 2 is 2.10 bits per heavy atom. The number of aromatic nitrogens is 6. The van der Waals surface area contributed by atoms with Crippen LogP contribution >= 0.6 is 0 Å². The van der Waals surface area contributed by atoms with Gasteiger partial charge in [-0.2, -0.15) is 5.10 Å². The lowest BCUT2D eigenvalue weighted by molar-refractivity contribution is -0.132. The van der Waals surface area contributed by atoms with Gasteiger partial charge in [-0.15, -0.1) is 0 Å². The van der Waals surface area contributed by atoms with Gasteiger partial charge in [-0.05, 0) is 12.3 Å². The van der Waals surface area contributed by atoms with E-state index in [1.165, 1.54) is 7.05 Å². The number of carbonyl (C=O) groups is 1. The summed E-state index contributed by atoms with van der Waals surface area (Å²) in [4.78, 5) is 25.8. The topological polar surface area (TPSA) is 143 Å². The Hall–Kier alpha value is -3.49. The summed E-state index contributed by atoms with van der Waals surface area (Å²) in [7, 11) is 5.07. The second kappa shape index (κ2) is 6.76. The van der Waals surface area contributed by atoms with Crippen LogP contribution < -0.4 is 10.6 Å². The van der Waals surface area contributed by atoms with Crippen molar-refractivity contribution >= 4 is 22.9 Å². The highest BCUT2D eigenvalue weighted by Crippen LogP contribution is 2.67. The van der Waals surface area contributed by atoms with Gasteiger partial charge >= 0.3 is 0 Å². The molecule has 3 aromatic heterocycles. The highest BCUT2D eigenvalue weighted by Gasteiger charge is 2.75. The highest BCUT2D eigenvalue weighted by atomic mass is 16.3. The number of rotatable bonds is 3. The lowest BCUT2D eigenvalue weighted by atomic mass is 9.98. The molecule has 3 heterocycles. The van der Waals surface area contributed by atoms with Gasteiger partial charge in [-0.3, -0.25) is 9.48 Å². The number of aliphatic hydroxyl groups is 2. The van der Waals surface area contributed by atoms with Crippen molar-refractivity contribution in [1.29, 1.82) is 0 Å². The molecule has 0 aliphatic heterocycles. The Morgan fingerprint density at radius 1 is 1.29 bits per heavy atom. The third-order valence-corrected chi connectivity index (χ3v) is 6.33. The van der Waals surface area contributed by atoms with Crippen molar-refractivity contribution in [2.24, 2.45) is 18.4 Å². The van der Waals surface area contributed by atoms with E-state index in [1.54, 1.807) is 35.0 Å². The fourth-order valence-corrected chi connectivity index (χ4v) is 4.77. The van der Waals surface area contributed by atoms with Crippen molar-refractivity contribution < 1.29 is 15.0 Å². The van der Waals surface area contributed by atoms with Crippen molar-refractivity contribution in [2.45, 2.75) is 24.7 Å². The van der Waals surface area contributed by atoms with Crippen LogP contribution in [0.15, 0.2) is 18.7 Å². The Bertz CT molecular complexity index is 1250. The number of anilines is 1. The summed E-state index contributed by atoms with van der Waals surface area (Å²) in [6.07, 6.45) is 3.22. The van der Waals surface area contributed by atoms with Gasteiger partial charge in [0, 0.05) is 33.3 Å². The van der Waals surface area contributed by atoms with Crippen molar-refractivity contribution in [3.05, 3.63) is 30.1 Å². The number of hydrogen-bond donors (Lipinski definition) is 4. The van der Waals surface area contributed by atoms with Gasteiger partial charge in [0.15, 0.2) is 17.0 Å². The van der Waals surface area contributed by atoms with E-state index in [-0.39, 0.29) is 17.6 Å². The Kier molecular flexibility index (Phi) is 4.25. The molecule has 2 aliphatic carbocycles. The summed E-state index contributed by atoms with van der Waals surface area (Å²) in [5, 5.41) is 31.1. The summed E-state index contributed by atoms with van der Waals surface area (Å²) < 4.78 is 3.38. The number of fused-ring (bicyclic) bond motifs is 2. The van der Waals surface area contributed by atoms with E-state index in [1.807, 2.05) is 7.05 Å². The molecule has 1 amide bonds. The number of nitrogens with one attached hydrogen (secondary N) is 2. The molecule has 0 radical (unpaired) electrons. The molecule has 0 saturated heterocycles. The first-order valence-corrected chi connectivity index (χ1v) is 9.92. The second-order valence-corrected chi connectivity index (χ2v) is 7.98. The van der Waals surface area contributed by atoms with E-state index < -0.39 is 23.7 Å². The van der Waals surface area contributed by atoms with Crippen LogP contribution in [0.5, 0.6) is 0 Å². The lowest BCUT2D eigenvalue weighted by Gasteiger charge is -2.23. The van der Waals surface area contributed by atoms with Crippen LogP contribution in [0, 0.1) is 23.2 Å². The van der Waals surface area contributed by atoms with Crippen LogP contribution in [0.3, 0.4) is 0 Å². The normalized spacial score (nSPS) is 28.7. The summed E-state index contributed by atoms with van der Waals surface area (Å²) in [6.45, 7) is 0. The van der Waals surface area contributed by atoms with E-state index in [0.717, 1.165) is 5.56 Å². The maximum Gasteiger partial charge on any atom is 0.229 e. The van der Waals surface area contributed by atoms with Gasteiger partial charge in [-0.25, -0.2) is 15.0 Å². The molecular formula is C20H22N8O3. The van der Waals surface area contributed by atoms with Crippen LogP contribution in [0.2, 0.25) is 0 Å². The van der Waals surface area contributed by atoms with Gasteiger partial charge in [0.25, 0.3) is 0 Å². The van der Waals surface area contributed by atoms with Crippen LogP contribution in [0.4, 0.5) is 5.82 Å². The number of aliphatic hydroxyl groups excluding tert-OH is 2. The zero-order valence-electron chi connectivity index (χ0n) is 17.2. The number of imidazole rings is 1. The van der Waals surface area contributed by atoms with Crippen molar-refractivity contribution in [2.75, 3.05) is 19.4 Å². The van der Waals surface area contributed by atoms with E-state index in [2.05, 4.69) is 42.5 Å².